The molecule has 0 aliphatic rings. The van der Waals surface area contributed by atoms with Gasteiger partial charge in [-0.2, -0.15) is 0 Å². The van der Waals surface area contributed by atoms with Gasteiger partial charge in [0.05, 0.1) is 13.2 Å². The molecule has 0 aromatic heterocycles. The maximum Gasteiger partial charge on any atom is 0.513 e. The molecule has 0 heterocycles. The van der Waals surface area contributed by atoms with Crippen LogP contribution in [0.15, 0.2) is 73.8 Å². The second-order valence-electron chi connectivity index (χ2n) is 6.31. The molecule has 3 aromatic carbocycles. The monoisotopic (exact) mass is 406 g/mol. The SMILES string of the molecule is C=CCCOC(=O)Oc1c2ccccc2c(OC(=O)OCCC=C)c2ccccc12. The molecule has 6 nitrogen and oxygen atoms in total. The molecule has 0 fully saturated rings. The van der Waals surface area contributed by atoms with Gasteiger partial charge in [-0.15, -0.1) is 13.2 Å². The van der Waals surface area contributed by atoms with Crippen molar-refractivity contribution in [2.75, 3.05) is 13.2 Å². The molecular weight excluding hydrogens is 384 g/mol. The van der Waals surface area contributed by atoms with Crippen LogP contribution in [-0.2, 0) is 9.47 Å². The Hall–Kier alpha value is -3.80. The van der Waals surface area contributed by atoms with Crippen LogP contribution in [0.4, 0.5) is 9.59 Å². The van der Waals surface area contributed by atoms with E-state index in [-0.39, 0.29) is 13.2 Å². The largest absolute Gasteiger partial charge is 0.513 e. The highest BCUT2D eigenvalue weighted by Crippen LogP contribution is 2.42. The highest BCUT2D eigenvalue weighted by molar-refractivity contribution is 6.12. The smallest absolute Gasteiger partial charge is 0.434 e. The van der Waals surface area contributed by atoms with Crippen LogP contribution in [-0.4, -0.2) is 25.5 Å². The molecule has 0 amide bonds. The molecule has 0 atom stereocenters. The van der Waals surface area contributed by atoms with Gasteiger partial charge in [-0.1, -0.05) is 60.7 Å². The number of hydrogen-bond donors (Lipinski definition) is 0. The Bertz CT molecular complexity index is 943. The summed E-state index contributed by atoms with van der Waals surface area (Å²) in [5, 5.41) is 2.41. The van der Waals surface area contributed by atoms with E-state index in [1.807, 2.05) is 0 Å². The summed E-state index contributed by atoms with van der Waals surface area (Å²) in [6.45, 7) is 7.54. The maximum atomic E-state index is 12.2. The summed E-state index contributed by atoms with van der Waals surface area (Å²) in [5.74, 6) is 0.661. The Balaban J connectivity index is 2.04. The van der Waals surface area contributed by atoms with E-state index in [1.165, 1.54) is 0 Å². The second-order valence-corrected chi connectivity index (χ2v) is 6.31. The van der Waals surface area contributed by atoms with Crippen LogP contribution in [0.5, 0.6) is 11.5 Å². The van der Waals surface area contributed by atoms with Crippen LogP contribution in [0, 0.1) is 0 Å². The van der Waals surface area contributed by atoms with Gasteiger partial charge in [-0.25, -0.2) is 9.59 Å². The van der Waals surface area contributed by atoms with Crippen LogP contribution in [0.1, 0.15) is 12.8 Å². The van der Waals surface area contributed by atoms with Crippen LogP contribution in [0.3, 0.4) is 0 Å². The summed E-state index contributed by atoms with van der Waals surface area (Å²) >= 11 is 0. The fourth-order valence-corrected chi connectivity index (χ4v) is 2.95. The lowest BCUT2D eigenvalue weighted by Crippen LogP contribution is -2.13. The first kappa shape index (κ1) is 20.9. The molecule has 0 radical (unpaired) electrons. The molecule has 0 unspecified atom stereocenters. The average molecular weight is 406 g/mol. The Labute approximate surface area is 174 Å². The quantitative estimate of drug-likeness (QED) is 0.146. The van der Waals surface area contributed by atoms with E-state index < -0.39 is 12.3 Å². The zero-order valence-corrected chi connectivity index (χ0v) is 16.5. The van der Waals surface area contributed by atoms with E-state index in [0.29, 0.717) is 45.9 Å². The third-order valence-electron chi connectivity index (χ3n) is 4.29. The van der Waals surface area contributed by atoms with Crippen molar-refractivity contribution in [2.45, 2.75) is 12.8 Å². The predicted octanol–water partition coefficient (Wildman–Crippen LogP) is 6.18. The third-order valence-corrected chi connectivity index (χ3v) is 4.29. The van der Waals surface area contributed by atoms with Gasteiger partial charge in [0.1, 0.15) is 11.5 Å². The molecule has 154 valence electrons. The minimum atomic E-state index is -0.815. The highest BCUT2D eigenvalue weighted by atomic mass is 16.7. The molecule has 6 heteroatoms. The molecule has 30 heavy (non-hydrogen) atoms. The molecule has 3 rings (SSSR count). The summed E-state index contributed by atoms with van der Waals surface area (Å²) in [5.41, 5.74) is 0. The summed E-state index contributed by atoms with van der Waals surface area (Å²) in [7, 11) is 0. The summed E-state index contributed by atoms with van der Waals surface area (Å²) in [6.07, 6.45) is 2.72. The van der Waals surface area contributed by atoms with E-state index in [2.05, 4.69) is 13.2 Å². The molecule has 0 bridgehead atoms. The number of rotatable bonds is 8. The van der Waals surface area contributed by atoms with Gasteiger partial charge in [0.15, 0.2) is 0 Å². The number of ether oxygens (including phenoxy) is 4. The zero-order valence-electron chi connectivity index (χ0n) is 16.5. The Morgan fingerprint density at radius 3 is 1.30 bits per heavy atom. The topological polar surface area (TPSA) is 71.1 Å². The predicted molar refractivity (Wildman–Crippen MR) is 115 cm³/mol. The van der Waals surface area contributed by atoms with Gasteiger partial charge >= 0.3 is 12.3 Å². The Kier molecular flexibility index (Phi) is 7.05. The highest BCUT2D eigenvalue weighted by Gasteiger charge is 2.20. The maximum absolute atomic E-state index is 12.2. The summed E-state index contributed by atoms with van der Waals surface area (Å²) in [4.78, 5) is 24.4. The van der Waals surface area contributed by atoms with Crippen molar-refractivity contribution in [1.82, 2.24) is 0 Å². The third kappa shape index (κ3) is 4.78. The lowest BCUT2D eigenvalue weighted by molar-refractivity contribution is 0.0999. The van der Waals surface area contributed by atoms with Crippen molar-refractivity contribution in [3.8, 4) is 11.5 Å². The van der Waals surface area contributed by atoms with Crippen molar-refractivity contribution in [1.29, 1.82) is 0 Å². The van der Waals surface area contributed by atoms with Crippen LogP contribution in [0.2, 0.25) is 0 Å². The molecular formula is C24H22O6. The van der Waals surface area contributed by atoms with E-state index in [4.69, 9.17) is 18.9 Å². The minimum absolute atomic E-state index is 0.177. The molecule has 0 aliphatic carbocycles. The van der Waals surface area contributed by atoms with Crippen LogP contribution in [0.25, 0.3) is 21.5 Å². The van der Waals surface area contributed by atoms with Crippen LogP contribution < -0.4 is 9.47 Å². The van der Waals surface area contributed by atoms with Crippen molar-refractivity contribution < 1.29 is 28.5 Å². The fraction of sp³-hybridized carbons (Fsp3) is 0.167. The van der Waals surface area contributed by atoms with Gasteiger partial charge in [-0.3, -0.25) is 0 Å². The molecule has 0 saturated heterocycles. The lowest BCUT2D eigenvalue weighted by Gasteiger charge is -2.16. The first-order valence-electron chi connectivity index (χ1n) is 9.50. The van der Waals surface area contributed by atoms with Crippen molar-refractivity contribution in [3.05, 3.63) is 73.8 Å². The van der Waals surface area contributed by atoms with Crippen molar-refractivity contribution in [2.24, 2.45) is 0 Å². The Morgan fingerprint density at radius 1 is 0.667 bits per heavy atom. The van der Waals surface area contributed by atoms with Crippen molar-refractivity contribution in [3.63, 3.8) is 0 Å². The first-order chi connectivity index (χ1) is 14.7. The summed E-state index contributed by atoms with van der Waals surface area (Å²) in [6, 6.07) is 14.3. The molecule has 3 aromatic rings. The average Bonchev–Trinajstić information content (AvgIpc) is 2.76. The minimum Gasteiger partial charge on any atom is -0.434 e. The normalized spacial score (nSPS) is 10.4. The molecule has 0 N–H and O–H groups in total. The van der Waals surface area contributed by atoms with E-state index in [0.717, 1.165) is 0 Å². The number of carbonyl (C=O) groups excluding carboxylic acids is 2. The molecule has 0 saturated carbocycles. The summed E-state index contributed by atoms with van der Waals surface area (Å²) < 4.78 is 21.3. The van der Waals surface area contributed by atoms with Gasteiger partial charge < -0.3 is 18.9 Å². The fourth-order valence-electron chi connectivity index (χ4n) is 2.95. The molecule has 0 spiro atoms. The lowest BCUT2D eigenvalue weighted by atomic mass is 10.0. The van der Waals surface area contributed by atoms with E-state index in [9.17, 15) is 9.59 Å². The van der Waals surface area contributed by atoms with Gasteiger partial charge in [0.25, 0.3) is 0 Å². The first-order valence-corrected chi connectivity index (χ1v) is 9.50. The van der Waals surface area contributed by atoms with Gasteiger partial charge in [0.2, 0.25) is 0 Å². The van der Waals surface area contributed by atoms with E-state index in [1.54, 1.807) is 60.7 Å². The number of hydrogen-bond acceptors (Lipinski definition) is 6. The number of benzene rings is 3. The van der Waals surface area contributed by atoms with E-state index >= 15 is 0 Å². The van der Waals surface area contributed by atoms with Gasteiger partial charge in [-0.05, 0) is 12.8 Å². The Morgan fingerprint density at radius 2 is 1.00 bits per heavy atom. The number of fused-ring (bicyclic) bond motifs is 2. The van der Waals surface area contributed by atoms with Crippen LogP contribution >= 0.6 is 0 Å². The zero-order chi connectivity index (χ0) is 21.3. The van der Waals surface area contributed by atoms with Gasteiger partial charge in [0, 0.05) is 21.5 Å². The number of carbonyl (C=O) groups is 2. The van der Waals surface area contributed by atoms with Crippen molar-refractivity contribution >= 4 is 33.9 Å². The molecule has 0 aliphatic heterocycles. The second kappa shape index (κ2) is 10.1. The standard InChI is InChI=1S/C24H22O6/c1-3-5-15-27-23(25)29-21-17-11-7-9-13-19(17)22(20-14-10-8-12-18(20)21)30-24(26)28-16-6-4-2/h3-4,7-14H,1-2,5-6,15-16H2.